The van der Waals surface area contributed by atoms with Crippen molar-refractivity contribution in [3.05, 3.63) is 47.4 Å². The van der Waals surface area contributed by atoms with Crippen LogP contribution in [0.3, 0.4) is 0 Å². The van der Waals surface area contributed by atoms with Gasteiger partial charge in [0.25, 0.3) is 0 Å². The molecule has 148 valence electrons. The molecule has 28 heavy (non-hydrogen) atoms. The molecular formula is C18H18F3N5O2. The van der Waals surface area contributed by atoms with Gasteiger partial charge in [0.15, 0.2) is 5.82 Å². The molecule has 3 heterocycles. The molecule has 0 saturated carbocycles. The van der Waals surface area contributed by atoms with Crippen molar-refractivity contribution in [2.75, 3.05) is 16.8 Å². The van der Waals surface area contributed by atoms with Crippen molar-refractivity contribution in [3.63, 3.8) is 0 Å². The van der Waals surface area contributed by atoms with Crippen LogP contribution in [0.15, 0.2) is 30.6 Å². The third-order valence-electron chi connectivity index (χ3n) is 4.26. The number of carbonyl (C=O) groups excluding carboxylic acids is 2. The van der Waals surface area contributed by atoms with Crippen molar-refractivity contribution in [3.8, 4) is 0 Å². The molecule has 0 aromatic carbocycles. The van der Waals surface area contributed by atoms with Crippen molar-refractivity contribution in [2.24, 2.45) is 0 Å². The molecule has 3 rings (SSSR count). The molecule has 2 aromatic rings. The molecule has 0 spiro atoms. The fourth-order valence-corrected chi connectivity index (χ4v) is 2.84. The summed E-state index contributed by atoms with van der Waals surface area (Å²) in [6.07, 6.45) is -1.77. The number of aryl methyl sites for hydroxylation is 1. The number of nitrogens with one attached hydrogen (secondary N) is 2. The molecule has 0 bridgehead atoms. The van der Waals surface area contributed by atoms with Crippen LogP contribution >= 0.6 is 0 Å². The van der Waals surface area contributed by atoms with Gasteiger partial charge in [-0.15, -0.1) is 0 Å². The maximum atomic E-state index is 12.7. The largest absolute Gasteiger partial charge is 0.417 e. The van der Waals surface area contributed by atoms with E-state index in [1.54, 1.807) is 19.2 Å². The van der Waals surface area contributed by atoms with E-state index in [1.165, 1.54) is 11.0 Å². The Morgan fingerprint density at radius 2 is 2.07 bits per heavy atom. The minimum Gasteiger partial charge on any atom is -0.329 e. The van der Waals surface area contributed by atoms with Crippen molar-refractivity contribution in [2.45, 2.75) is 32.5 Å². The molecular weight excluding hydrogens is 375 g/mol. The number of aromatic nitrogens is 2. The fourth-order valence-electron chi connectivity index (χ4n) is 2.84. The van der Waals surface area contributed by atoms with Crippen LogP contribution in [-0.4, -0.2) is 28.5 Å². The normalized spacial score (nSPS) is 14.9. The van der Waals surface area contributed by atoms with Gasteiger partial charge >= 0.3 is 12.2 Å². The Kier molecular flexibility index (Phi) is 5.21. The molecule has 2 aromatic heterocycles. The summed E-state index contributed by atoms with van der Waals surface area (Å²) in [5.74, 6) is -0.0614. The van der Waals surface area contributed by atoms with Gasteiger partial charge in [-0.1, -0.05) is 6.92 Å². The summed E-state index contributed by atoms with van der Waals surface area (Å²) in [6.45, 7) is 3.36. The summed E-state index contributed by atoms with van der Waals surface area (Å²) in [4.78, 5) is 33.9. The molecule has 2 N–H and O–H groups in total. The van der Waals surface area contributed by atoms with Crippen LogP contribution in [0, 0.1) is 6.92 Å². The van der Waals surface area contributed by atoms with E-state index in [0.717, 1.165) is 17.8 Å². The van der Waals surface area contributed by atoms with Crippen molar-refractivity contribution >= 4 is 23.4 Å². The second-order valence-corrected chi connectivity index (χ2v) is 6.40. The van der Waals surface area contributed by atoms with Gasteiger partial charge in [0.2, 0.25) is 5.91 Å². The lowest BCUT2D eigenvalue weighted by Crippen LogP contribution is -2.48. The fraction of sp³-hybridized carbons (Fsp3) is 0.333. The number of halogens is 3. The van der Waals surface area contributed by atoms with Gasteiger partial charge in [-0.2, -0.15) is 13.2 Å². The van der Waals surface area contributed by atoms with Gasteiger partial charge in [-0.25, -0.2) is 9.78 Å². The Labute approximate surface area is 159 Å². The van der Waals surface area contributed by atoms with Crippen molar-refractivity contribution in [1.29, 1.82) is 0 Å². The number of anilines is 2. The number of amides is 3. The first-order chi connectivity index (χ1) is 13.2. The van der Waals surface area contributed by atoms with E-state index >= 15 is 0 Å². The Hall–Kier alpha value is -3.17. The third-order valence-corrected chi connectivity index (χ3v) is 4.26. The lowest BCUT2D eigenvalue weighted by atomic mass is 10.1. The number of fused-ring (bicyclic) bond motifs is 1. The van der Waals surface area contributed by atoms with Crippen LogP contribution < -0.4 is 15.5 Å². The minimum absolute atomic E-state index is 0.216. The van der Waals surface area contributed by atoms with Gasteiger partial charge < -0.3 is 10.6 Å². The SMILES string of the molecule is CCC(NC(=O)N1CC(=O)Nc2cc(C)cnc21)c1ccc(C(F)(F)F)cn1. The molecule has 3 amide bonds. The predicted molar refractivity (Wildman–Crippen MR) is 95.8 cm³/mol. The molecule has 1 unspecified atom stereocenters. The number of hydrogen-bond acceptors (Lipinski definition) is 4. The monoisotopic (exact) mass is 393 g/mol. The molecule has 1 aliphatic heterocycles. The Bertz CT molecular complexity index is 899. The number of nitrogens with zero attached hydrogens (tertiary/aromatic N) is 3. The van der Waals surface area contributed by atoms with E-state index in [4.69, 9.17) is 0 Å². The minimum atomic E-state index is -4.48. The number of pyridine rings is 2. The molecule has 0 aliphatic carbocycles. The predicted octanol–water partition coefficient (Wildman–Crippen LogP) is 3.42. The average molecular weight is 393 g/mol. The first-order valence-corrected chi connectivity index (χ1v) is 8.56. The van der Waals surface area contributed by atoms with Gasteiger partial charge in [-0.3, -0.25) is 14.7 Å². The van der Waals surface area contributed by atoms with Crippen LogP contribution in [0.4, 0.5) is 29.5 Å². The molecule has 1 aliphatic rings. The first kappa shape index (κ1) is 19.6. The van der Waals surface area contributed by atoms with E-state index < -0.39 is 23.8 Å². The van der Waals surface area contributed by atoms with Crippen LogP contribution in [0.2, 0.25) is 0 Å². The molecule has 10 heteroatoms. The zero-order valence-electron chi connectivity index (χ0n) is 15.2. The number of hydrogen-bond donors (Lipinski definition) is 2. The first-order valence-electron chi connectivity index (χ1n) is 8.56. The van der Waals surface area contributed by atoms with Crippen LogP contribution in [0.25, 0.3) is 0 Å². The van der Waals surface area contributed by atoms with E-state index in [2.05, 4.69) is 20.6 Å². The highest BCUT2D eigenvalue weighted by Crippen LogP contribution is 2.30. The van der Waals surface area contributed by atoms with E-state index in [9.17, 15) is 22.8 Å². The topological polar surface area (TPSA) is 87.2 Å². The summed E-state index contributed by atoms with van der Waals surface area (Å²) in [7, 11) is 0. The molecule has 0 fully saturated rings. The lowest BCUT2D eigenvalue weighted by Gasteiger charge is -2.29. The maximum absolute atomic E-state index is 12.7. The van der Waals surface area contributed by atoms with Crippen LogP contribution in [0.1, 0.15) is 36.2 Å². The number of carbonyl (C=O) groups is 2. The Balaban J connectivity index is 1.80. The number of rotatable bonds is 3. The van der Waals surface area contributed by atoms with Crippen molar-refractivity contribution in [1.82, 2.24) is 15.3 Å². The van der Waals surface area contributed by atoms with E-state index in [0.29, 0.717) is 23.6 Å². The summed E-state index contributed by atoms with van der Waals surface area (Å²) >= 11 is 0. The van der Waals surface area contributed by atoms with Gasteiger partial charge in [-0.05, 0) is 37.1 Å². The third kappa shape index (κ3) is 4.05. The maximum Gasteiger partial charge on any atom is 0.417 e. The van der Waals surface area contributed by atoms with Crippen LogP contribution in [-0.2, 0) is 11.0 Å². The molecule has 1 atom stereocenters. The average Bonchev–Trinajstić information content (AvgIpc) is 2.64. The van der Waals surface area contributed by atoms with Gasteiger partial charge in [0.05, 0.1) is 23.0 Å². The summed E-state index contributed by atoms with van der Waals surface area (Å²) < 4.78 is 38.1. The Morgan fingerprint density at radius 1 is 1.32 bits per heavy atom. The Morgan fingerprint density at radius 3 is 2.68 bits per heavy atom. The van der Waals surface area contributed by atoms with E-state index in [-0.39, 0.29) is 12.5 Å². The smallest absolute Gasteiger partial charge is 0.329 e. The highest BCUT2D eigenvalue weighted by atomic mass is 19.4. The second-order valence-electron chi connectivity index (χ2n) is 6.40. The second kappa shape index (κ2) is 7.45. The number of urea groups is 1. The standard InChI is InChI=1S/C18H18F3N5O2/c1-3-12(13-5-4-11(8-22-13)18(19,20)21)25-17(28)26-9-15(27)24-14-6-10(2)7-23-16(14)26/h4-8,12H,3,9H2,1-2H3,(H,24,27)(H,25,28). The summed E-state index contributed by atoms with van der Waals surface area (Å²) in [5.41, 5.74) is 0.676. The lowest BCUT2D eigenvalue weighted by molar-refractivity contribution is -0.137. The van der Waals surface area contributed by atoms with Gasteiger partial charge in [0, 0.05) is 12.4 Å². The zero-order chi connectivity index (χ0) is 20.5. The molecule has 7 nitrogen and oxygen atoms in total. The summed E-state index contributed by atoms with van der Waals surface area (Å²) in [6, 6.07) is 2.66. The quantitative estimate of drug-likeness (QED) is 0.837. The van der Waals surface area contributed by atoms with Crippen molar-refractivity contribution < 1.29 is 22.8 Å². The number of alkyl halides is 3. The zero-order valence-corrected chi connectivity index (χ0v) is 15.2. The van der Waals surface area contributed by atoms with Gasteiger partial charge in [0.1, 0.15) is 6.54 Å². The van der Waals surface area contributed by atoms with Crippen LogP contribution in [0.5, 0.6) is 0 Å². The highest BCUT2D eigenvalue weighted by molar-refractivity contribution is 6.08. The van der Waals surface area contributed by atoms with E-state index in [1.807, 2.05) is 6.92 Å². The summed E-state index contributed by atoms with van der Waals surface area (Å²) in [5, 5.41) is 5.37. The molecule has 0 radical (unpaired) electrons. The highest BCUT2D eigenvalue weighted by Gasteiger charge is 2.32. The molecule has 0 saturated heterocycles.